The van der Waals surface area contributed by atoms with E-state index >= 15 is 0 Å². The molecule has 0 saturated heterocycles. The van der Waals surface area contributed by atoms with Crippen molar-refractivity contribution in [2.45, 2.75) is 26.9 Å². The Balaban J connectivity index is 2.56. The van der Waals surface area contributed by atoms with Crippen LogP contribution in [0.15, 0.2) is 24.3 Å². The maximum absolute atomic E-state index is 5.76. The fraction of sp³-hybridized carbons (Fsp3) is 0.333. The summed E-state index contributed by atoms with van der Waals surface area (Å²) in [5, 5.41) is 8.33. The van der Waals surface area contributed by atoms with Gasteiger partial charge in [0.1, 0.15) is 5.69 Å². The van der Waals surface area contributed by atoms with E-state index in [0.29, 0.717) is 6.54 Å². The topological polar surface area (TPSA) is 56.7 Å². The van der Waals surface area contributed by atoms with Gasteiger partial charge in [-0.15, -0.1) is 5.10 Å². The van der Waals surface area contributed by atoms with Gasteiger partial charge in [-0.1, -0.05) is 29.5 Å². The third kappa shape index (κ3) is 1.72. The average molecular weight is 216 g/mol. The van der Waals surface area contributed by atoms with Gasteiger partial charge < -0.3 is 5.73 Å². The SMILES string of the molecule is CCn1nnc(-c2ccccc2C)c1CN. The number of hydrogen-bond donors (Lipinski definition) is 1. The second kappa shape index (κ2) is 4.45. The van der Waals surface area contributed by atoms with E-state index in [-0.39, 0.29) is 0 Å². The fourth-order valence-corrected chi connectivity index (χ4v) is 1.84. The quantitative estimate of drug-likeness (QED) is 0.850. The first-order valence-corrected chi connectivity index (χ1v) is 5.46. The molecule has 0 fully saturated rings. The lowest BCUT2D eigenvalue weighted by Crippen LogP contribution is -2.08. The minimum Gasteiger partial charge on any atom is -0.325 e. The molecule has 84 valence electrons. The van der Waals surface area contributed by atoms with Crippen LogP contribution in [0.2, 0.25) is 0 Å². The van der Waals surface area contributed by atoms with Crippen LogP contribution in [0.1, 0.15) is 18.2 Å². The molecule has 0 aliphatic carbocycles. The first-order valence-electron chi connectivity index (χ1n) is 5.46. The van der Waals surface area contributed by atoms with Crippen molar-refractivity contribution in [3.8, 4) is 11.3 Å². The van der Waals surface area contributed by atoms with Crippen LogP contribution in [-0.4, -0.2) is 15.0 Å². The third-order valence-corrected chi connectivity index (χ3v) is 2.73. The van der Waals surface area contributed by atoms with E-state index in [9.17, 15) is 0 Å². The molecule has 0 bridgehead atoms. The smallest absolute Gasteiger partial charge is 0.117 e. The summed E-state index contributed by atoms with van der Waals surface area (Å²) >= 11 is 0. The third-order valence-electron chi connectivity index (χ3n) is 2.73. The number of nitrogens with two attached hydrogens (primary N) is 1. The predicted octanol–water partition coefficient (Wildman–Crippen LogP) is 1.73. The summed E-state index contributed by atoms with van der Waals surface area (Å²) in [5.41, 5.74) is 9.97. The lowest BCUT2D eigenvalue weighted by Gasteiger charge is -2.05. The summed E-state index contributed by atoms with van der Waals surface area (Å²) < 4.78 is 1.85. The molecule has 4 nitrogen and oxygen atoms in total. The molecule has 0 unspecified atom stereocenters. The average Bonchev–Trinajstić information content (AvgIpc) is 2.72. The van der Waals surface area contributed by atoms with Gasteiger partial charge in [-0.25, -0.2) is 4.68 Å². The molecule has 0 saturated carbocycles. The lowest BCUT2D eigenvalue weighted by atomic mass is 10.0. The molecule has 0 spiro atoms. The highest BCUT2D eigenvalue weighted by Gasteiger charge is 2.13. The maximum atomic E-state index is 5.76. The van der Waals surface area contributed by atoms with Crippen LogP contribution in [0.4, 0.5) is 0 Å². The van der Waals surface area contributed by atoms with Crippen molar-refractivity contribution >= 4 is 0 Å². The number of aromatic nitrogens is 3. The highest BCUT2D eigenvalue weighted by molar-refractivity contribution is 5.65. The van der Waals surface area contributed by atoms with E-state index < -0.39 is 0 Å². The predicted molar refractivity (Wildman–Crippen MR) is 63.8 cm³/mol. The van der Waals surface area contributed by atoms with E-state index in [1.165, 1.54) is 5.56 Å². The van der Waals surface area contributed by atoms with Crippen molar-refractivity contribution in [1.82, 2.24) is 15.0 Å². The Morgan fingerprint density at radius 3 is 2.69 bits per heavy atom. The molecule has 4 heteroatoms. The van der Waals surface area contributed by atoms with Gasteiger partial charge in [0.05, 0.1) is 5.69 Å². The van der Waals surface area contributed by atoms with Gasteiger partial charge in [-0.05, 0) is 19.4 Å². The summed E-state index contributed by atoms with van der Waals surface area (Å²) in [6, 6.07) is 8.15. The molecule has 2 aromatic rings. The van der Waals surface area contributed by atoms with Crippen LogP contribution in [-0.2, 0) is 13.1 Å². The van der Waals surface area contributed by atoms with Gasteiger partial charge >= 0.3 is 0 Å². The molecule has 16 heavy (non-hydrogen) atoms. The summed E-state index contributed by atoms with van der Waals surface area (Å²) in [6.07, 6.45) is 0. The summed E-state index contributed by atoms with van der Waals surface area (Å²) in [5.74, 6) is 0. The largest absolute Gasteiger partial charge is 0.325 e. The van der Waals surface area contributed by atoms with Crippen molar-refractivity contribution in [3.05, 3.63) is 35.5 Å². The molecule has 0 aliphatic heterocycles. The number of aryl methyl sites for hydroxylation is 2. The summed E-state index contributed by atoms with van der Waals surface area (Å²) in [7, 11) is 0. The maximum Gasteiger partial charge on any atom is 0.117 e. The Morgan fingerprint density at radius 1 is 1.31 bits per heavy atom. The Labute approximate surface area is 95.1 Å². The fourth-order valence-electron chi connectivity index (χ4n) is 1.84. The van der Waals surface area contributed by atoms with Gasteiger partial charge in [0.25, 0.3) is 0 Å². The monoisotopic (exact) mass is 216 g/mol. The van der Waals surface area contributed by atoms with E-state index in [2.05, 4.69) is 29.4 Å². The number of nitrogens with zero attached hydrogens (tertiary/aromatic N) is 3. The molecular weight excluding hydrogens is 200 g/mol. The first-order chi connectivity index (χ1) is 7.77. The van der Waals surface area contributed by atoms with Gasteiger partial charge in [0.2, 0.25) is 0 Å². The zero-order valence-corrected chi connectivity index (χ0v) is 9.64. The van der Waals surface area contributed by atoms with Crippen LogP contribution >= 0.6 is 0 Å². The minimum atomic E-state index is 0.463. The van der Waals surface area contributed by atoms with E-state index in [1.807, 2.05) is 23.7 Å². The van der Waals surface area contributed by atoms with Gasteiger partial charge in [-0.3, -0.25) is 0 Å². The second-order valence-corrected chi connectivity index (χ2v) is 3.72. The zero-order valence-electron chi connectivity index (χ0n) is 9.64. The number of benzene rings is 1. The van der Waals surface area contributed by atoms with Gasteiger partial charge in [0, 0.05) is 18.7 Å². The molecule has 0 atom stereocenters. The van der Waals surface area contributed by atoms with E-state index in [4.69, 9.17) is 5.73 Å². The Bertz CT molecular complexity index is 488. The normalized spacial score (nSPS) is 10.7. The van der Waals surface area contributed by atoms with E-state index in [1.54, 1.807) is 0 Å². The Morgan fingerprint density at radius 2 is 2.06 bits per heavy atom. The van der Waals surface area contributed by atoms with Crippen LogP contribution in [0, 0.1) is 6.92 Å². The van der Waals surface area contributed by atoms with Gasteiger partial charge in [-0.2, -0.15) is 0 Å². The molecular formula is C12H16N4. The first kappa shape index (κ1) is 10.8. The van der Waals surface area contributed by atoms with Gasteiger partial charge in [0.15, 0.2) is 0 Å². The molecule has 0 radical (unpaired) electrons. The van der Waals surface area contributed by atoms with E-state index in [0.717, 1.165) is 23.5 Å². The Hall–Kier alpha value is -1.68. The molecule has 1 heterocycles. The highest BCUT2D eigenvalue weighted by Crippen LogP contribution is 2.24. The number of rotatable bonds is 3. The molecule has 1 aromatic heterocycles. The molecule has 0 amide bonds. The van der Waals surface area contributed by atoms with Crippen molar-refractivity contribution in [1.29, 1.82) is 0 Å². The summed E-state index contributed by atoms with van der Waals surface area (Å²) in [4.78, 5) is 0. The number of hydrogen-bond acceptors (Lipinski definition) is 3. The van der Waals surface area contributed by atoms with Crippen LogP contribution in [0.5, 0.6) is 0 Å². The van der Waals surface area contributed by atoms with Crippen molar-refractivity contribution in [2.75, 3.05) is 0 Å². The van der Waals surface area contributed by atoms with Crippen LogP contribution in [0.3, 0.4) is 0 Å². The van der Waals surface area contributed by atoms with Crippen LogP contribution in [0.25, 0.3) is 11.3 Å². The zero-order chi connectivity index (χ0) is 11.5. The second-order valence-electron chi connectivity index (χ2n) is 3.72. The van der Waals surface area contributed by atoms with Crippen LogP contribution < -0.4 is 5.73 Å². The van der Waals surface area contributed by atoms with Crippen molar-refractivity contribution in [3.63, 3.8) is 0 Å². The minimum absolute atomic E-state index is 0.463. The molecule has 0 aliphatic rings. The molecule has 1 aromatic carbocycles. The summed E-state index contributed by atoms with van der Waals surface area (Å²) in [6.45, 7) is 5.37. The molecule has 2 N–H and O–H groups in total. The standard InChI is InChI=1S/C12H16N4/c1-3-16-11(8-13)12(14-15-16)10-7-5-4-6-9(10)2/h4-7H,3,8,13H2,1-2H3. The highest BCUT2D eigenvalue weighted by atomic mass is 15.4. The lowest BCUT2D eigenvalue weighted by molar-refractivity contribution is 0.598. The molecule has 2 rings (SSSR count). The van der Waals surface area contributed by atoms with Crippen molar-refractivity contribution < 1.29 is 0 Å². The van der Waals surface area contributed by atoms with Crippen molar-refractivity contribution in [2.24, 2.45) is 5.73 Å². The Kier molecular flexibility index (Phi) is 3.01.